The Morgan fingerprint density at radius 1 is 1.44 bits per heavy atom. The maximum atomic E-state index is 11.0. The first-order valence-electron chi connectivity index (χ1n) is 5.63. The summed E-state index contributed by atoms with van der Waals surface area (Å²) in [5.41, 5.74) is 1.54. The highest BCUT2D eigenvalue weighted by Crippen LogP contribution is 2.29. The molecule has 1 heterocycles. The fraction of sp³-hybridized carbons (Fsp3) is 0.231. The van der Waals surface area contributed by atoms with Gasteiger partial charge in [-0.05, 0) is 25.1 Å². The second kappa shape index (κ2) is 4.91. The van der Waals surface area contributed by atoms with Crippen LogP contribution in [-0.2, 0) is 7.05 Å². The largest absolute Gasteiger partial charge is 0.493 e. The zero-order chi connectivity index (χ0) is 13.1. The molecule has 0 unspecified atom stereocenters. The fourth-order valence-corrected chi connectivity index (χ4v) is 1.76. The zero-order valence-corrected chi connectivity index (χ0v) is 10.3. The number of carboxylic acids is 1. The normalized spacial score (nSPS) is 10.3. The minimum atomic E-state index is -0.995. The van der Waals surface area contributed by atoms with Gasteiger partial charge in [0.15, 0.2) is 0 Å². The highest BCUT2D eigenvalue weighted by molar-refractivity contribution is 5.87. The van der Waals surface area contributed by atoms with Crippen molar-refractivity contribution in [3.05, 3.63) is 36.0 Å². The lowest BCUT2D eigenvalue weighted by atomic mass is 10.1. The van der Waals surface area contributed by atoms with E-state index in [4.69, 9.17) is 9.84 Å². The molecule has 0 radical (unpaired) electrons. The minimum Gasteiger partial charge on any atom is -0.493 e. The summed E-state index contributed by atoms with van der Waals surface area (Å²) in [6.07, 6.45) is 0. The summed E-state index contributed by atoms with van der Waals surface area (Å²) in [4.78, 5) is 11.0. The van der Waals surface area contributed by atoms with Crippen molar-refractivity contribution in [1.29, 1.82) is 0 Å². The molecule has 1 aromatic carbocycles. The van der Waals surface area contributed by atoms with Gasteiger partial charge in [0.05, 0.1) is 12.3 Å². The van der Waals surface area contributed by atoms with Gasteiger partial charge in [-0.25, -0.2) is 4.79 Å². The Balaban J connectivity index is 2.48. The number of para-hydroxylation sites is 1. The van der Waals surface area contributed by atoms with Crippen molar-refractivity contribution in [3.63, 3.8) is 0 Å². The van der Waals surface area contributed by atoms with Crippen LogP contribution in [0.2, 0.25) is 0 Å². The second-order valence-electron chi connectivity index (χ2n) is 3.77. The van der Waals surface area contributed by atoms with Gasteiger partial charge < -0.3 is 9.84 Å². The Kier molecular flexibility index (Phi) is 3.32. The number of carboxylic acid groups (broad SMARTS) is 1. The van der Waals surface area contributed by atoms with E-state index in [1.165, 1.54) is 4.68 Å². The van der Waals surface area contributed by atoms with Crippen LogP contribution in [0, 0.1) is 0 Å². The monoisotopic (exact) mass is 246 g/mol. The lowest BCUT2D eigenvalue weighted by Crippen LogP contribution is -2.04. The van der Waals surface area contributed by atoms with Gasteiger partial charge in [0.25, 0.3) is 0 Å². The van der Waals surface area contributed by atoms with Crippen LogP contribution in [0.4, 0.5) is 0 Å². The molecule has 1 N–H and O–H groups in total. The second-order valence-corrected chi connectivity index (χ2v) is 3.77. The van der Waals surface area contributed by atoms with E-state index in [0.717, 1.165) is 5.56 Å². The minimum absolute atomic E-state index is 0.149. The summed E-state index contributed by atoms with van der Waals surface area (Å²) in [6, 6.07) is 8.98. The summed E-state index contributed by atoms with van der Waals surface area (Å²) < 4.78 is 6.85. The Bertz CT molecular complexity index is 575. The topological polar surface area (TPSA) is 64.3 Å². The molecular weight excluding hydrogens is 232 g/mol. The molecule has 0 fully saturated rings. The van der Waals surface area contributed by atoms with E-state index < -0.39 is 5.97 Å². The highest BCUT2D eigenvalue weighted by Gasteiger charge is 2.15. The van der Waals surface area contributed by atoms with Gasteiger partial charge in [-0.3, -0.25) is 4.68 Å². The molecule has 0 saturated carbocycles. The molecule has 2 rings (SSSR count). The van der Waals surface area contributed by atoms with Gasteiger partial charge in [-0.2, -0.15) is 5.10 Å². The summed E-state index contributed by atoms with van der Waals surface area (Å²) in [5.74, 6) is -0.292. The third-order valence-corrected chi connectivity index (χ3v) is 2.56. The third-order valence-electron chi connectivity index (χ3n) is 2.56. The standard InChI is InChI=1S/C13H14N2O3/c1-3-18-12-7-5-4-6-9(12)10-8-11(13(16)17)15(2)14-10/h4-8H,3H2,1-2H3,(H,16,17). The van der Waals surface area contributed by atoms with Crippen LogP contribution < -0.4 is 4.74 Å². The first-order chi connectivity index (χ1) is 8.63. The quantitative estimate of drug-likeness (QED) is 0.898. The Hall–Kier alpha value is -2.30. The number of nitrogens with zero attached hydrogens (tertiary/aromatic N) is 2. The van der Waals surface area contributed by atoms with E-state index >= 15 is 0 Å². The Labute approximate surface area is 105 Å². The highest BCUT2D eigenvalue weighted by atomic mass is 16.5. The molecule has 0 amide bonds. The van der Waals surface area contributed by atoms with Gasteiger partial charge in [0.2, 0.25) is 0 Å². The molecule has 94 valence electrons. The number of aryl methyl sites for hydroxylation is 1. The summed E-state index contributed by atoms with van der Waals surface area (Å²) in [6.45, 7) is 2.45. The van der Waals surface area contributed by atoms with E-state index in [1.807, 2.05) is 31.2 Å². The van der Waals surface area contributed by atoms with Crippen molar-refractivity contribution in [3.8, 4) is 17.0 Å². The van der Waals surface area contributed by atoms with Gasteiger partial charge in [0, 0.05) is 12.6 Å². The molecule has 0 bridgehead atoms. The van der Waals surface area contributed by atoms with E-state index in [2.05, 4.69) is 5.10 Å². The van der Waals surface area contributed by atoms with Crippen LogP contribution in [0.15, 0.2) is 30.3 Å². The van der Waals surface area contributed by atoms with Crippen LogP contribution >= 0.6 is 0 Å². The van der Waals surface area contributed by atoms with E-state index in [-0.39, 0.29) is 5.69 Å². The molecule has 0 spiro atoms. The van der Waals surface area contributed by atoms with Crippen molar-refractivity contribution >= 4 is 5.97 Å². The Morgan fingerprint density at radius 2 is 2.17 bits per heavy atom. The number of carbonyl (C=O) groups is 1. The van der Waals surface area contributed by atoms with Gasteiger partial charge in [-0.1, -0.05) is 12.1 Å². The van der Waals surface area contributed by atoms with Crippen molar-refractivity contribution in [2.24, 2.45) is 7.05 Å². The van der Waals surface area contributed by atoms with Gasteiger partial charge in [-0.15, -0.1) is 0 Å². The molecule has 0 aliphatic rings. The Morgan fingerprint density at radius 3 is 2.78 bits per heavy atom. The number of aromatic nitrogens is 2. The molecule has 0 aliphatic carbocycles. The molecule has 2 aromatic rings. The maximum Gasteiger partial charge on any atom is 0.354 e. The number of benzene rings is 1. The average molecular weight is 246 g/mol. The molecular formula is C13H14N2O3. The molecule has 0 atom stereocenters. The van der Waals surface area contributed by atoms with Crippen molar-refractivity contribution in [2.45, 2.75) is 6.92 Å². The molecule has 5 heteroatoms. The third kappa shape index (κ3) is 2.20. The lowest BCUT2D eigenvalue weighted by Gasteiger charge is -2.07. The van der Waals surface area contributed by atoms with Crippen LogP contribution in [0.3, 0.4) is 0 Å². The van der Waals surface area contributed by atoms with Crippen molar-refractivity contribution < 1.29 is 14.6 Å². The summed E-state index contributed by atoms with van der Waals surface area (Å²) in [7, 11) is 1.61. The van der Waals surface area contributed by atoms with Crippen molar-refractivity contribution in [2.75, 3.05) is 6.61 Å². The zero-order valence-electron chi connectivity index (χ0n) is 10.3. The molecule has 1 aromatic heterocycles. The van der Waals surface area contributed by atoms with E-state index in [1.54, 1.807) is 13.1 Å². The van der Waals surface area contributed by atoms with Crippen LogP contribution in [0.5, 0.6) is 5.75 Å². The van der Waals surface area contributed by atoms with E-state index in [0.29, 0.717) is 18.1 Å². The summed E-state index contributed by atoms with van der Waals surface area (Å²) >= 11 is 0. The summed E-state index contributed by atoms with van der Waals surface area (Å²) in [5, 5.41) is 13.2. The predicted molar refractivity (Wildman–Crippen MR) is 66.8 cm³/mol. The number of ether oxygens (including phenoxy) is 1. The fourth-order valence-electron chi connectivity index (χ4n) is 1.76. The predicted octanol–water partition coefficient (Wildman–Crippen LogP) is 2.18. The maximum absolute atomic E-state index is 11.0. The number of hydrogen-bond donors (Lipinski definition) is 1. The molecule has 0 saturated heterocycles. The number of hydrogen-bond acceptors (Lipinski definition) is 3. The molecule has 18 heavy (non-hydrogen) atoms. The van der Waals surface area contributed by atoms with Crippen LogP contribution in [0.25, 0.3) is 11.3 Å². The average Bonchev–Trinajstić information content (AvgIpc) is 2.72. The molecule has 5 nitrogen and oxygen atoms in total. The van der Waals surface area contributed by atoms with Crippen molar-refractivity contribution in [1.82, 2.24) is 9.78 Å². The van der Waals surface area contributed by atoms with Crippen LogP contribution in [-0.4, -0.2) is 27.5 Å². The lowest BCUT2D eigenvalue weighted by molar-refractivity contribution is 0.0685. The molecule has 0 aliphatic heterocycles. The number of aromatic carboxylic acids is 1. The van der Waals surface area contributed by atoms with Gasteiger partial charge in [0.1, 0.15) is 11.4 Å². The SMILES string of the molecule is CCOc1ccccc1-c1cc(C(=O)O)n(C)n1. The number of rotatable bonds is 4. The smallest absolute Gasteiger partial charge is 0.354 e. The van der Waals surface area contributed by atoms with E-state index in [9.17, 15) is 4.79 Å². The first-order valence-corrected chi connectivity index (χ1v) is 5.63. The van der Waals surface area contributed by atoms with Gasteiger partial charge >= 0.3 is 5.97 Å². The first kappa shape index (κ1) is 12.2. The van der Waals surface area contributed by atoms with Crippen LogP contribution in [0.1, 0.15) is 17.4 Å².